The van der Waals surface area contributed by atoms with E-state index in [1.807, 2.05) is 42.5 Å². The van der Waals surface area contributed by atoms with Crippen molar-refractivity contribution >= 4 is 21.8 Å². The molecule has 0 spiro atoms. The van der Waals surface area contributed by atoms with Gasteiger partial charge < -0.3 is 4.74 Å². The molecular weight excluding hydrogens is 434 g/mol. The lowest BCUT2D eigenvalue weighted by Crippen LogP contribution is -2.24. The topological polar surface area (TPSA) is 57.0 Å². The quantitative estimate of drug-likeness (QED) is 0.301. The molecule has 0 radical (unpaired) electrons. The molecule has 0 aliphatic heterocycles. The molecule has 5 heteroatoms. The zero-order valence-corrected chi connectivity index (χ0v) is 19.7. The number of aromatic nitrogens is 3. The van der Waals surface area contributed by atoms with Crippen molar-refractivity contribution in [3.05, 3.63) is 101 Å². The van der Waals surface area contributed by atoms with Gasteiger partial charge in [0.15, 0.2) is 0 Å². The van der Waals surface area contributed by atoms with Gasteiger partial charge in [-0.3, -0.25) is 9.55 Å². The van der Waals surface area contributed by atoms with Gasteiger partial charge in [0.25, 0.3) is 0 Å². The Morgan fingerprint density at radius 3 is 2.60 bits per heavy atom. The molecule has 5 nitrogen and oxygen atoms in total. The summed E-state index contributed by atoms with van der Waals surface area (Å²) in [6.07, 6.45) is 7.03. The summed E-state index contributed by atoms with van der Waals surface area (Å²) in [5, 5.41) is 1.78. The van der Waals surface area contributed by atoms with Gasteiger partial charge in [0.2, 0.25) is 0 Å². The number of rotatable bonds is 6. The van der Waals surface area contributed by atoms with E-state index in [1.54, 1.807) is 10.8 Å². The van der Waals surface area contributed by atoms with Crippen molar-refractivity contribution in [2.24, 2.45) is 0 Å². The zero-order valence-electron chi connectivity index (χ0n) is 19.7. The molecule has 0 aliphatic carbocycles. The van der Waals surface area contributed by atoms with E-state index in [4.69, 9.17) is 16.1 Å². The van der Waals surface area contributed by atoms with Gasteiger partial charge in [-0.25, -0.2) is 9.78 Å². The van der Waals surface area contributed by atoms with E-state index < -0.39 is 0 Å². The molecule has 0 bridgehead atoms. The van der Waals surface area contributed by atoms with Crippen molar-refractivity contribution in [2.75, 3.05) is 6.61 Å². The first kappa shape index (κ1) is 22.4. The predicted molar refractivity (Wildman–Crippen MR) is 141 cm³/mol. The normalized spacial score (nSPS) is 11.1. The molecule has 0 aliphatic rings. The van der Waals surface area contributed by atoms with Gasteiger partial charge in [-0.15, -0.1) is 6.42 Å². The molecule has 5 rings (SSSR count). The van der Waals surface area contributed by atoms with Crippen LogP contribution in [0.4, 0.5) is 0 Å². The number of ether oxygens (including phenoxy) is 1. The molecule has 0 amide bonds. The maximum absolute atomic E-state index is 12.8. The van der Waals surface area contributed by atoms with Gasteiger partial charge in [-0.2, -0.15) is 0 Å². The number of terminal acetylenes is 1. The highest BCUT2D eigenvalue weighted by atomic mass is 16.5. The van der Waals surface area contributed by atoms with E-state index in [9.17, 15) is 4.79 Å². The van der Waals surface area contributed by atoms with Crippen LogP contribution in [0.1, 0.15) is 31.0 Å². The molecule has 2 aromatic heterocycles. The van der Waals surface area contributed by atoms with Crippen molar-refractivity contribution in [3.63, 3.8) is 0 Å². The maximum Gasteiger partial charge on any atom is 0.348 e. The minimum atomic E-state index is -0.308. The van der Waals surface area contributed by atoms with Crippen molar-refractivity contribution in [1.29, 1.82) is 0 Å². The highest BCUT2D eigenvalue weighted by Gasteiger charge is 2.15. The molecule has 2 heterocycles. The molecular formula is C30H25N3O2. The van der Waals surface area contributed by atoms with Crippen LogP contribution in [0.15, 0.2) is 83.8 Å². The average Bonchev–Trinajstić information content (AvgIpc) is 2.88. The lowest BCUT2D eigenvalue weighted by atomic mass is 9.96. The molecule has 5 aromatic rings. The average molecular weight is 460 g/mol. The van der Waals surface area contributed by atoms with Crippen LogP contribution in [-0.4, -0.2) is 21.1 Å². The van der Waals surface area contributed by atoms with E-state index >= 15 is 0 Å². The van der Waals surface area contributed by atoms with Crippen LogP contribution < -0.4 is 10.4 Å². The van der Waals surface area contributed by atoms with E-state index in [2.05, 4.69) is 55.1 Å². The molecule has 0 unspecified atom stereocenters. The van der Waals surface area contributed by atoms with Crippen molar-refractivity contribution < 1.29 is 4.74 Å². The first-order chi connectivity index (χ1) is 17.0. The van der Waals surface area contributed by atoms with Crippen molar-refractivity contribution in [3.8, 4) is 29.2 Å². The second kappa shape index (κ2) is 9.44. The molecule has 35 heavy (non-hydrogen) atoms. The van der Waals surface area contributed by atoms with Gasteiger partial charge in [0, 0.05) is 22.5 Å². The van der Waals surface area contributed by atoms with Crippen LogP contribution in [0.2, 0.25) is 0 Å². The molecule has 0 saturated carbocycles. The third kappa shape index (κ3) is 4.39. The Labute approximate surface area is 204 Å². The number of fused-ring (bicyclic) bond motifs is 2. The number of hydrogen-bond acceptors (Lipinski definition) is 4. The van der Waals surface area contributed by atoms with Crippen molar-refractivity contribution in [2.45, 2.75) is 26.3 Å². The fraction of sp³-hybridized carbons (Fsp3) is 0.167. The second-order valence-electron chi connectivity index (χ2n) is 8.76. The number of nitrogens with zero attached hydrogens (tertiary/aromatic N) is 3. The monoisotopic (exact) mass is 459 g/mol. The summed E-state index contributed by atoms with van der Waals surface area (Å²) in [6, 6.07) is 24.1. The Hall–Kier alpha value is -4.43. The fourth-order valence-corrected chi connectivity index (χ4v) is 4.31. The first-order valence-electron chi connectivity index (χ1n) is 11.6. The predicted octanol–water partition coefficient (Wildman–Crippen LogP) is 5.80. The van der Waals surface area contributed by atoms with Crippen molar-refractivity contribution in [1.82, 2.24) is 14.5 Å². The zero-order chi connectivity index (χ0) is 24.4. The molecule has 0 saturated heterocycles. The smallest absolute Gasteiger partial charge is 0.348 e. The second-order valence-corrected chi connectivity index (χ2v) is 8.76. The largest absolute Gasteiger partial charge is 0.480 e. The SMILES string of the molecule is C#CCOc1cccc2nc(Cn3c(=O)ncc4ccccc43)c(-c3ccc(C(C)C)cc3)cc12. The van der Waals surface area contributed by atoms with Crippen LogP contribution in [0.25, 0.3) is 32.9 Å². The minimum Gasteiger partial charge on any atom is -0.480 e. The third-order valence-electron chi connectivity index (χ3n) is 6.18. The molecule has 3 aromatic carbocycles. The number of hydrogen-bond donors (Lipinski definition) is 0. The van der Waals surface area contributed by atoms with Gasteiger partial charge in [-0.1, -0.05) is 68.3 Å². The Morgan fingerprint density at radius 2 is 1.83 bits per heavy atom. The highest BCUT2D eigenvalue weighted by molar-refractivity contribution is 5.90. The number of benzene rings is 3. The standard InChI is InChI=1S/C30H25N3O2/c1-4-16-35-29-11-7-9-26-25(29)17-24(22-14-12-21(13-15-22)20(2)3)27(32-26)19-33-28-10-6-5-8-23(28)18-31-30(33)34/h1,5-15,17-18,20H,16,19H2,2-3H3. The Morgan fingerprint density at radius 1 is 1.03 bits per heavy atom. The molecule has 172 valence electrons. The fourth-order valence-electron chi connectivity index (χ4n) is 4.31. The summed E-state index contributed by atoms with van der Waals surface area (Å²) in [5.74, 6) is 3.64. The number of pyridine rings is 1. The van der Waals surface area contributed by atoms with E-state index in [0.717, 1.165) is 38.6 Å². The summed E-state index contributed by atoms with van der Waals surface area (Å²) in [6.45, 7) is 4.82. The minimum absolute atomic E-state index is 0.177. The van der Waals surface area contributed by atoms with E-state index in [1.165, 1.54) is 5.56 Å². The van der Waals surface area contributed by atoms with Crippen LogP contribution in [0.3, 0.4) is 0 Å². The first-order valence-corrected chi connectivity index (χ1v) is 11.6. The molecule has 0 N–H and O–H groups in total. The van der Waals surface area contributed by atoms with Gasteiger partial charge in [0.05, 0.1) is 23.3 Å². The Balaban J connectivity index is 1.72. The summed E-state index contributed by atoms with van der Waals surface area (Å²) < 4.78 is 7.48. The van der Waals surface area contributed by atoms with Crippen LogP contribution in [0.5, 0.6) is 5.75 Å². The Bertz CT molecular complexity index is 1630. The summed E-state index contributed by atoms with van der Waals surface area (Å²) in [7, 11) is 0. The lowest BCUT2D eigenvalue weighted by Gasteiger charge is -2.16. The maximum atomic E-state index is 12.8. The summed E-state index contributed by atoms with van der Waals surface area (Å²) in [4.78, 5) is 21.9. The molecule has 0 atom stereocenters. The van der Waals surface area contributed by atoms with Gasteiger partial charge >= 0.3 is 5.69 Å². The van der Waals surface area contributed by atoms with Crippen LogP contribution >= 0.6 is 0 Å². The third-order valence-corrected chi connectivity index (χ3v) is 6.18. The van der Waals surface area contributed by atoms with Crippen LogP contribution in [0, 0.1) is 12.3 Å². The van der Waals surface area contributed by atoms with Gasteiger partial charge in [0.1, 0.15) is 12.4 Å². The van der Waals surface area contributed by atoms with E-state index in [-0.39, 0.29) is 12.3 Å². The van der Waals surface area contributed by atoms with E-state index in [0.29, 0.717) is 18.2 Å². The van der Waals surface area contributed by atoms with Gasteiger partial charge in [-0.05, 0) is 41.3 Å². The number of para-hydroxylation sites is 1. The Kier molecular flexibility index (Phi) is 6.03. The summed E-state index contributed by atoms with van der Waals surface area (Å²) >= 11 is 0. The molecule has 0 fully saturated rings. The highest BCUT2D eigenvalue weighted by Crippen LogP contribution is 2.33. The lowest BCUT2D eigenvalue weighted by molar-refractivity contribution is 0.375. The summed E-state index contributed by atoms with van der Waals surface area (Å²) in [5.41, 5.74) is 5.29. The van der Waals surface area contributed by atoms with Crippen LogP contribution in [-0.2, 0) is 6.54 Å².